The summed E-state index contributed by atoms with van der Waals surface area (Å²) < 4.78 is 5.29. The molecule has 0 atom stereocenters. The SMILES string of the molecule is COc1ccccc1Cc1cnc(C)cn1. The van der Waals surface area contributed by atoms with Crippen molar-refractivity contribution >= 4 is 0 Å². The number of nitrogens with zero attached hydrogens (tertiary/aromatic N) is 2. The van der Waals surface area contributed by atoms with E-state index in [1.165, 1.54) is 0 Å². The summed E-state index contributed by atoms with van der Waals surface area (Å²) in [6, 6.07) is 7.96. The molecule has 82 valence electrons. The summed E-state index contributed by atoms with van der Waals surface area (Å²) >= 11 is 0. The van der Waals surface area contributed by atoms with Crippen LogP contribution in [0.2, 0.25) is 0 Å². The largest absolute Gasteiger partial charge is 0.496 e. The Labute approximate surface area is 95.1 Å². The third-order valence-corrected chi connectivity index (χ3v) is 2.40. The van der Waals surface area contributed by atoms with Crippen molar-refractivity contribution in [2.24, 2.45) is 0 Å². The van der Waals surface area contributed by atoms with E-state index < -0.39 is 0 Å². The third kappa shape index (κ3) is 2.37. The predicted molar refractivity (Wildman–Crippen MR) is 62.6 cm³/mol. The van der Waals surface area contributed by atoms with Crippen molar-refractivity contribution in [1.82, 2.24) is 9.97 Å². The fourth-order valence-electron chi connectivity index (χ4n) is 1.55. The maximum Gasteiger partial charge on any atom is 0.122 e. The van der Waals surface area contributed by atoms with Gasteiger partial charge in [0.2, 0.25) is 0 Å². The molecule has 0 unspecified atom stereocenters. The monoisotopic (exact) mass is 214 g/mol. The molecule has 16 heavy (non-hydrogen) atoms. The number of aromatic nitrogens is 2. The van der Waals surface area contributed by atoms with Crippen molar-refractivity contribution in [2.75, 3.05) is 7.11 Å². The minimum atomic E-state index is 0.747. The van der Waals surface area contributed by atoms with E-state index in [-0.39, 0.29) is 0 Å². The number of para-hydroxylation sites is 1. The molecule has 1 aromatic heterocycles. The number of benzene rings is 1. The second-order valence-electron chi connectivity index (χ2n) is 3.64. The molecule has 3 nitrogen and oxygen atoms in total. The van der Waals surface area contributed by atoms with Crippen molar-refractivity contribution in [3.63, 3.8) is 0 Å². The van der Waals surface area contributed by atoms with Gasteiger partial charge in [0.15, 0.2) is 0 Å². The lowest BCUT2D eigenvalue weighted by Gasteiger charge is -2.07. The topological polar surface area (TPSA) is 35.0 Å². The molecule has 1 heterocycles. The van der Waals surface area contributed by atoms with Gasteiger partial charge >= 0.3 is 0 Å². The summed E-state index contributed by atoms with van der Waals surface area (Å²) in [7, 11) is 1.68. The number of methoxy groups -OCH3 is 1. The molecule has 0 spiro atoms. The van der Waals surface area contributed by atoms with E-state index in [1.807, 2.05) is 37.4 Å². The van der Waals surface area contributed by atoms with Crippen molar-refractivity contribution in [3.05, 3.63) is 53.6 Å². The van der Waals surface area contributed by atoms with Crippen LogP contribution in [0, 0.1) is 6.92 Å². The van der Waals surface area contributed by atoms with Crippen LogP contribution in [0.3, 0.4) is 0 Å². The van der Waals surface area contributed by atoms with Gasteiger partial charge in [0, 0.05) is 24.4 Å². The zero-order chi connectivity index (χ0) is 11.4. The maximum absolute atomic E-state index is 5.29. The van der Waals surface area contributed by atoms with Crippen LogP contribution < -0.4 is 4.74 Å². The van der Waals surface area contributed by atoms with Crippen molar-refractivity contribution < 1.29 is 4.74 Å². The molecule has 0 saturated heterocycles. The summed E-state index contributed by atoms with van der Waals surface area (Å²) in [5.41, 5.74) is 3.02. The number of ether oxygens (including phenoxy) is 1. The summed E-state index contributed by atoms with van der Waals surface area (Å²) in [5, 5.41) is 0. The zero-order valence-corrected chi connectivity index (χ0v) is 9.47. The molecule has 0 saturated carbocycles. The number of hydrogen-bond donors (Lipinski definition) is 0. The van der Waals surface area contributed by atoms with E-state index in [0.717, 1.165) is 29.1 Å². The minimum Gasteiger partial charge on any atom is -0.496 e. The number of hydrogen-bond acceptors (Lipinski definition) is 3. The van der Waals surface area contributed by atoms with Crippen LogP contribution in [-0.2, 0) is 6.42 Å². The molecule has 0 amide bonds. The fourth-order valence-corrected chi connectivity index (χ4v) is 1.55. The molecular weight excluding hydrogens is 200 g/mol. The highest BCUT2D eigenvalue weighted by Gasteiger charge is 2.03. The van der Waals surface area contributed by atoms with Gasteiger partial charge in [0.05, 0.1) is 18.5 Å². The van der Waals surface area contributed by atoms with Crippen LogP contribution in [0.15, 0.2) is 36.7 Å². The van der Waals surface area contributed by atoms with Gasteiger partial charge in [0.25, 0.3) is 0 Å². The molecule has 2 aromatic rings. The Hall–Kier alpha value is -1.90. The van der Waals surface area contributed by atoms with E-state index in [0.29, 0.717) is 0 Å². The van der Waals surface area contributed by atoms with Crippen molar-refractivity contribution in [3.8, 4) is 5.75 Å². The Morgan fingerprint density at radius 3 is 2.62 bits per heavy atom. The highest BCUT2D eigenvalue weighted by molar-refractivity contribution is 5.35. The van der Waals surface area contributed by atoms with Gasteiger partial charge in [-0.05, 0) is 13.0 Å². The first-order valence-corrected chi connectivity index (χ1v) is 5.19. The van der Waals surface area contributed by atoms with Crippen LogP contribution >= 0.6 is 0 Å². The molecular formula is C13H14N2O. The highest BCUT2D eigenvalue weighted by atomic mass is 16.5. The predicted octanol–water partition coefficient (Wildman–Crippen LogP) is 2.38. The number of rotatable bonds is 3. The van der Waals surface area contributed by atoms with Crippen molar-refractivity contribution in [1.29, 1.82) is 0 Å². The lowest BCUT2D eigenvalue weighted by atomic mass is 10.1. The molecule has 0 N–H and O–H groups in total. The maximum atomic E-state index is 5.29. The number of aryl methyl sites for hydroxylation is 1. The standard InChI is InChI=1S/C13H14N2O/c1-10-8-15-12(9-14-10)7-11-5-3-4-6-13(11)16-2/h3-6,8-9H,7H2,1-2H3. The van der Waals surface area contributed by atoms with Gasteiger partial charge in [-0.15, -0.1) is 0 Å². The van der Waals surface area contributed by atoms with Crippen LogP contribution in [0.1, 0.15) is 17.0 Å². The van der Waals surface area contributed by atoms with Gasteiger partial charge in [-0.3, -0.25) is 9.97 Å². The first-order chi connectivity index (χ1) is 7.79. The molecule has 0 aliphatic carbocycles. The normalized spacial score (nSPS) is 10.1. The van der Waals surface area contributed by atoms with E-state index in [9.17, 15) is 0 Å². The zero-order valence-electron chi connectivity index (χ0n) is 9.47. The fraction of sp³-hybridized carbons (Fsp3) is 0.231. The lowest BCUT2D eigenvalue weighted by molar-refractivity contribution is 0.410. The Bertz CT molecular complexity index is 466. The highest BCUT2D eigenvalue weighted by Crippen LogP contribution is 2.19. The lowest BCUT2D eigenvalue weighted by Crippen LogP contribution is -1.97. The summed E-state index contributed by atoms with van der Waals surface area (Å²) in [6.45, 7) is 1.93. The van der Waals surface area contributed by atoms with Gasteiger partial charge in [0.1, 0.15) is 5.75 Å². The minimum absolute atomic E-state index is 0.747. The Morgan fingerprint density at radius 1 is 1.12 bits per heavy atom. The Morgan fingerprint density at radius 2 is 1.94 bits per heavy atom. The van der Waals surface area contributed by atoms with Crippen LogP contribution in [-0.4, -0.2) is 17.1 Å². The van der Waals surface area contributed by atoms with Crippen LogP contribution in [0.4, 0.5) is 0 Å². The molecule has 2 rings (SSSR count). The summed E-state index contributed by atoms with van der Waals surface area (Å²) in [6.07, 6.45) is 4.34. The molecule has 3 heteroatoms. The van der Waals surface area contributed by atoms with Gasteiger partial charge < -0.3 is 4.74 Å². The van der Waals surface area contributed by atoms with Gasteiger partial charge in [-0.25, -0.2) is 0 Å². The van der Waals surface area contributed by atoms with Crippen LogP contribution in [0.5, 0.6) is 5.75 Å². The average molecular weight is 214 g/mol. The molecule has 0 fully saturated rings. The first-order valence-electron chi connectivity index (χ1n) is 5.19. The first kappa shape index (κ1) is 10.6. The van der Waals surface area contributed by atoms with E-state index in [4.69, 9.17) is 4.74 Å². The van der Waals surface area contributed by atoms with Gasteiger partial charge in [-0.1, -0.05) is 18.2 Å². The average Bonchev–Trinajstić information content (AvgIpc) is 2.33. The molecule has 0 bridgehead atoms. The quantitative estimate of drug-likeness (QED) is 0.786. The van der Waals surface area contributed by atoms with Crippen molar-refractivity contribution in [2.45, 2.75) is 13.3 Å². The Balaban J connectivity index is 2.23. The molecule has 1 aromatic carbocycles. The van der Waals surface area contributed by atoms with Gasteiger partial charge in [-0.2, -0.15) is 0 Å². The summed E-state index contributed by atoms with van der Waals surface area (Å²) in [4.78, 5) is 8.56. The second kappa shape index (κ2) is 4.75. The summed E-state index contributed by atoms with van der Waals surface area (Å²) in [5.74, 6) is 0.893. The smallest absolute Gasteiger partial charge is 0.122 e. The molecule has 0 radical (unpaired) electrons. The van der Waals surface area contributed by atoms with E-state index >= 15 is 0 Å². The molecule has 0 aliphatic rings. The Kier molecular flexibility index (Phi) is 3.15. The third-order valence-electron chi connectivity index (χ3n) is 2.40. The van der Waals surface area contributed by atoms with Crippen LogP contribution in [0.25, 0.3) is 0 Å². The van der Waals surface area contributed by atoms with E-state index in [1.54, 1.807) is 13.3 Å². The van der Waals surface area contributed by atoms with E-state index in [2.05, 4.69) is 9.97 Å². The molecule has 0 aliphatic heterocycles. The second-order valence-corrected chi connectivity index (χ2v) is 3.64.